The van der Waals surface area contributed by atoms with Crippen LogP contribution in [0.2, 0.25) is 0 Å². The third kappa shape index (κ3) is 3.38. The zero-order valence-corrected chi connectivity index (χ0v) is 13.6. The minimum absolute atomic E-state index is 0.173. The molecule has 6 nitrogen and oxygen atoms in total. The molecule has 0 radical (unpaired) electrons. The van der Waals surface area contributed by atoms with Gasteiger partial charge in [-0.1, -0.05) is 12.1 Å². The zero-order chi connectivity index (χ0) is 17.1. The maximum absolute atomic E-state index is 13.6. The van der Waals surface area contributed by atoms with Gasteiger partial charge < -0.3 is 15.3 Å². The topological polar surface area (TPSA) is 82.5 Å². The van der Waals surface area contributed by atoms with Gasteiger partial charge in [-0.3, -0.25) is 4.79 Å². The van der Waals surface area contributed by atoms with Gasteiger partial charge in [0.15, 0.2) is 5.13 Å². The number of aromatic nitrogens is 1. The number of amides is 1. The molecule has 24 heavy (non-hydrogen) atoms. The van der Waals surface area contributed by atoms with Crippen molar-refractivity contribution in [1.29, 1.82) is 0 Å². The average molecular weight is 349 g/mol. The molecule has 1 amide bonds. The van der Waals surface area contributed by atoms with Crippen molar-refractivity contribution < 1.29 is 19.1 Å². The second kappa shape index (κ2) is 6.96. The monoisotopic (exact) mass is 349 g/mol. The van der Waals surface area contributed by atoms with Crippen LogP contribution in [-0.2, 0) is 4.79 Å². The van der Waals surface area contributed by atoms with Crippen LogP contribution in [-0.4, -0.2) is 39.5 Å². The van der Waals surface area contributed by atoms with E-state index in [1.807, 2.05) is 0 Å². The Hall–Kier alpha value is -2.48. The number of likely N-dealkylation sites (tertiary alicyclic amines) is 1. The molecule has 1 aliphatic heterocycles. The van der Waals surface area contributed by atoms with E-state index in [0.717, 1.165) is 12.8 Å². The molecule has 0 spiro atoms. The van der Waals surface area contributed by atoms with Crippen LogP contribution in [0.3, 0.4) is 0 Å². The highest BCUT2D eigenvalue weighted by Gasteiger charge is 2.33. The molecule has 2 heterocycles. The Balaban J connectivity index is 1.76. The SMILES string of the molecule is O=C(O)C1CCCCN1C(=O)c1csc(Nc2ccccc2F)n1. The summed E-state index contributed by atoms with van der Waals surface area (Å²) in [5.74, 6) is -1.81. The third-order valence-corrected chi connectivity index (χ3v) is 4.65. The van der Waals surface area contributed by atoms with Crippen LogP contribution in [0.25, 0.3) is 0 Å². The third-order valence-electron chi connectivity index (χ3n) is 3.89. The van der Waals surface area contributed by atoms with Crippen molar-refractivity contribution in [2.24, 2.45) is 0 Å². The van der Waals surface area contributed by atoms with E-state index in [-0.39, 0.29) is 11.4 Å². The van der Waals surface area contributed by atoms with Gasteiger partial charge in [-0.25, -0.2) is 14.2 Å². The Labute approximate surface area is 141 Å². The molecule has 3 rings (SSSR count). The minimum atomic E-state index is -0.997. The van der Waals surface area contributed by atoms with Gasteiger partial charge in [-0.15, -0.1) is 11.3 Å². The molecule has 126 valence electrons. The second-order valence-electron chi connectivity index (χ2n) is 5.49. The molecule has 1 aliphatic rings. The van der Waals surface area contributed by atoms with Crippen molar-refractivity contribution in [1.82, 2.24) is 9.88 Å². The fourth-order valence-corrected chi connectivity index (χ4v) is 3.38. The number of carbonyl (C=O) groups excluding carboxylic acids is 1. The van der Waals surface area contributed by atoms with Crippen LogP contribution in [0.15, 0.2) is 29.6 Å². The highest BCUT2D eigenvalue weighted by Crippen LogP contribution is 2.25. The average Bonchev–Trinajstić information content (AvgIpc) is 3.05. The first kappa shape index (κ1) is 16.4. The number of nitrogens with zero attached hydrogens (tertiary/aromatic N) is 2. The number of benzene rings is 1. The molecule has 1 saturated heterocycles. The van der Waals surface area contributed by atoms with E-state index in [2.05, 4.69) is 10.3 Å². The van der Waals surface area contributed by atoms with E-state index < -0.39 is 23.7 Å². The molecule has 1 atom stereocenters. The first-order chi connectivity index (χ1) is 11.6. The number of carbonyl (C=O) groups is 2. The van der Waals surface area contributed by atoms with Crippen molar-refractivity contribution in [3.8, 4) is 0 Å². The summed E-state index contributed by atoms with van der Waals surface area (Å²) in [7, 11) is 0. The van der Waals surface area contributed by atoms with Crippen LogP contribution in [0.4, 0.5) is 15.2 Å². The van der Waals surface area contributed by atoms with Crippen molar-refractivity contribution in [3.05, 3.63) is 41.2 Å². The summed E-state index contributed by atoms with van der Waals surface area (Å²) in [6, 6.07) is 5.36. The number of rotatable bonds is 4. The van der Waals surface area contributed by atoms with E-state index >= 15 is 0 Å². The first-order valence-corrected chi connectivity index (χ1v) is 8.45. The van der Waals surface area contributed by atoms with Crippen LogP contribution in [0, 0.1) is 5.82 Å². The van der Waals surface area contributed by atoms with Gasteiger partial charge in [-0.2, -0.15) is 0 Å². The van der Waals surface area contributed by atoms with E-state index in [9.17, 15) is 19.1 Å². The fraction of sp³-hybridized carbons (Fsp3) is 0.312. The van der Waals surface area contributed by atoms with Gasteiger partial charge in [0.05, 0.1) is 5.69 Å². The van der Waals surface area contributed by atoms with Gasteiger partial charge in [0.25, 0.3) is 5.91 Å². The van der Waals surface area contributed by atoms with Crippen molar-refractivity contribution in [2.75, 3.05) is 11.9 Å². The Morgan fingerprint density at radius 2 is 2.12 bits per heavy atom. The number of nitrogens with one attached hydrogen (secondary N) is 1. The van der Waals surface area contributed by atoms with Gasteiger partial charge in [0.2, 0.25) is 0 Å². The first-order valence-electron chi connectivity index (χ1n) is 7.57. The van der Waals surface area contributed by atoms with E-state index in [4.69, 9.17) is 0 Å². The number of piperidine rings is 1. The number of carboxylic acid groups (broad SMARTS) is 1. The normalized spacial score (nSPS) is 17.5. The summed E-state index contributed by atoms with van der Waals surface area (Å²) < 4.78 is 13.6. The standard InChI is InChI=1S/C16H16FN3O3S/c17-10-5-1-2-6-11(10)18-16-19-12(9-24-16)14(21)20-8-4-3-7-13(20)15(22)23/h1-2,5-6,9,13H,3-4,7-8H2,(H,18,19)(H,22,23). The van der Waals surface area contributed by atoms with Crippen LogP contribution < -0.4 is 5.32 Å². The van der Waals surface area contributed by atoms with Crippen LogP contribution in [0.1, 0.15) is 29.8 Å². The lowest BCUT2D eigenvalue weighted by Crippen LogP contribution is -2.48. The fourth-order valence-electron chi connectivity index (χ4n) is 2.69. The maximum atomic E-state index is 13.6. The highest BCUT2D eigenvalue weighted by molar-refractivity contribution is 7.14. The Kier molecular flexibility index (Phi) is 4.75. The van der Waals surface area contributed by atoms with Crippen LogP contribution in [0.5, 0.6) is 0 Å². The summed E-state index contributed by atoms with van der Waals surface area (Å²) in [4.78, 5) is 29.4. The zero-order valence-electron chi connectivity index (χ0n) is 12.7. The molecule has 2 aromatic rings. The lowest BCUT2D eigenvalue weighted by atomic mass is 10.0. The number of carboxylic acids is 1. The molecule has 0 bridgehead atoms. The van der Waals surface area contributed by atoms with Gasteiger partial charge >= 0.3 is 5.97 Å². The Morgan fingerprint density at radius 3 is 2.88 bits per heavy atom. The smallest absolute Gasteiger partial charge is 0.326 e. The van der Waals surface area contributed by atoms with E-state index in [1.54, 1.807) is 23.6 Å². The number of thiazole rings is 1. The number of para-hydroxylation sites is 1. The second-order valence-corrected chi connectivity index (χ2v) is 6.35. The quantitative estimate of drug-likeness (QED) is 0.886. The van der Waals surface area contributed by atoms with E-state index in [0.29, 0.717) is 18.1 Å². The van der Waals surface area contributed by atoms with Crippen molar-refractivity contribution in [3.63, 3.8) is 0 Å². The molecule has 1 aromatic heterocycles. The van der Waals surface area contributed by atoms with Crippen molar-refractivity contribution in [2.45, 2.75) is 25.3 Å². The molecule has 1 aromatic carbocycles. The molecule has 0 saturated carbocycles. The molecule has 1 fully saturated rings. The maximum Gasteiger partial charge on any atom is 0.326 e. The molecular weight excluding hydrogens is 333 g/mol. The summed E-state index contributed by atoms with van der Waals surface area (Å²) in [5.41, 5.74) is 0.444. The molecule has 2 N–H and O–H groups in total. The predicted octanol–water partition coefficient (Wildman–Crippen LogP) is 3.11. The van der Waals surface area contributed by atoms with Crippen LogP contribution >= 0.6 is 11.3 Å². The summed E-state index contributed by atoms with van der Waals surface area (Å²) in [6.45, 7) is 0.406. The number of halogens is 1. The minimum Gasteiger partial charge on any atom is -0.480 e. The number of hydrogen-bond acceptors (Lipinski definition) is 5. The summed E-state index contributed by atoms with van der Waals surface area (Å²) in [6.07, 6.45) is 2.02. The molecular formula is C16H16FN3O3S. The summed E-state index contributed by atoms with van der Waals surface area (Å²) >= 11 is 1.17. The van der Waals surface area contributed by atoms with Gasteiger partial charge in [0, 0.05) is 11.9 Å². The Morgan fingerprint density at radius 1 is 1.33 bits per heavy atom. The highest BCUT2D eigenvalue weighted by atomic mass is 32.1. The number of hydrogen-bond donors (Lipinski definition) is 2. The van der Waals surface area contributed by atoms with Gasteiger partial charge in [0.1, 0.15) is 17.6 Å². The molecule has 8 heteroatoms. The van der Waals surface area contributed by atoms with E-state index in [1.165, 1.54) is 22.3 Å². The van der Waals surface area contributed by atoms with Crippen molar-refractivity contribution >= 4 is 34.0 Å². The lowest BCUT2D eigenvalue weighted by Gasteiger charge is -2.32. The predicted molar refractivity (Wildman–Crippen MR) is 88.1 cm³/mol. The number of aliphatic carboxylic acids is 1. The molecule has 0 aliphatic carbocycles. The Bertz CT molecular complexity index is 765. The largest absolute Gasteiger partial charge is 0.480 e. The molecule has 1 unspecified atom stereocenters. The summed E-state index contributed by atoms with van der Waals surface area (Å²) in [5, 5.41) is 14.0. The lowest BCUT2D eigenvalue weighted by molar-refractivity contribution is -0.143. The number of anilines is 2. The van der Waals surface area contributed by atoms with Gasteiger partial charge in [-0.05, 0) is 31.4 Å².